The number of aliphatic hydroxyl groups excluding tert-OH is 1. The molecule has 0 spiro atoms. The number of hydrogen-bond donors (Lipinski definition) is 4. The maximum Gasteiger partial charge on any atom is 0.330 e. The smallest absolute Gasteiger partial charge is 0.330 e. The van der Waals surface area contributed by atoms with Gasteiger partial charge in [0, 0.05) is 56.9 Å². The summed E-state index contributed by atoms with van der Waals surface area (Å²) in [6.07, 6.45) is 0.932. The first kappa shape index (κ1) is 31.7. The number of aromatic nitrogens is 4. The molecule has 1 aliphatic heterocycles. The molecule has 1 aromatic carbocycles. The topological polar surface area (TPSA) is 202 Å². The highest BCUT2D eigenvalue weighted by Gasteiger charge is 2.36. The first-order chi connectivity index (χ1) is 20.5. The van der Waals surface area contributed by atoms with Crippen LogP contribution in [0.2, 0.25) is 0 Å². The summed E-state index contributed by atoms with van der Waals surface area (Å²) in [5.74, 6) is 4.89. The number of hydrogen-bond acceptors (Lipinski definition) is 12. The lowest BCUT2D eigenvalue weighted by Crippen LogP contribution is -2.34. The summed E-state index contributed by atoms with van der Waals surface area (Å²) in [7, 11) is -0.931. The summed E-state index contributed by atoms with van der Waals surface area (Å²) in [5.41, 5.74) is 1.08. The van der Waals surface area contributed by atoms with Crippen LogP contribution in [0.25, 0.3) is 0 Å². The molecule has 4 N–H and O–H groups in total. The Morgan fingerprint density at radius 2 is 2.00 bits per heavy atom. The minimum Gasteiger partial charge on any atom is -0.761 e. The van der Waals surface area contributed by atoms with Crippen molar-refractivity contribution in [3.63, 3.8) is 0 Å². The van der Waals surface area contributed by atoms with Crippen molar-refractivity contribution in [2.45, 2.75) is 44.6 Å². The zero-order valence-electron chi connectivity index (χ0n) is 23.7. The van der Waals surface area contributed by atoms with Crippen LogP contribution in [0, 0.1) is 18.8 Å². The van der Waals surface area contributed by atoms with Crippen molar-refractivity contribution in [3.8, 4) is 11.8 Å². The molecule has 0 amide bonds. The number of carbonyl (C=O) groups is 1. The molecule has 1 aliphatic rings. The van der Waals surface area contributed by atoms with E-state index < -0.39 is 50.0 Å². The summed E-state index contributed by atoms with van der Waals surface area (Å²) in [5, 5.41) is 16.6. The zero-order valence-corrected chi connectivity index (χ0v) is 24.6. The number of carbonyl (C=O) groups excluding carboxylic acids is 1. The van der Waals surface area contributed by atoms with E-state index in [-0.39, 0.29) is 30.8 Å². The van der Waals surface area contributed by atoms with Crippen molar-refractivity contribution in [3.05, 3.63) is 74.6 Å². The van der Waals surface area contributed by atoms with E-state index in [9.17, 15) is 28.9 Å². The molecule has 2 aromatic heterocycles. The van der Waals surface area contributed by atoms with Gasteiger partial charge in [-0.15, -0.1) is 0 Å². The van der Waals surface area contributed by atoms with Gasteiger partial charge in [0.1, 0.15) is 23.7 Å². The van der Waals surface area contributed by atoms with Crippen molar-refractivity contribution < 1.29 is 33.4 Å². The van der Waals surface area contributed by atoms with E-state index in [4.69, 9.17) is 14.0 Å². The minimum atomic E-state index is -4.54. The van der Waals surface area contributed by atoms with Crippen molar-refractivity contribution in [1.29, 1.82) is 0 Å². The molecule has 4 rings (SSSR count). The Balaban J connectivity index is 1.33. The monoisotopic (exact) mass is 615 g/mol. The van der Waals surface area contributed by atoms with E-state index >= 15 is 0 Å². The minimum absolute atomic E-state index is 0.0786. The molecule has 0 aliphatic carbocycles. The Bertz CT molecular complexity index is 1670. The van der Waals surface area contributed by atoms with Crippen LogP contribution in [0.15, 0.2) is 46.4 Å². The van der Waals surface area contributed by atoms with Gasteiger partial charge >= 0.3 is 11.7 Å². The Morgan fingerprint density at radius 3 is 2.65 bits per heavy atom. The molecule has 15 nitrogen and oxygen atoms in total. The van der Waals surface area contributed by atoms with Crippen LogP contribution in [0.3, 0.4) is 0 Å². The van der Waals surface area contributed by atoms with E-state index in [1.54, 1.807) is 14.1 Å². The molecule has 230 valence electrons. The molecule has 1 unspecified atom stereocenters. The van der Waals surface area contributed by atoms with Crippen molar-refractivity contribution in [2.75, 3.05) is 37.9 Å². The summed E-state index contributed by atoms with van der Waals surface area (Å²) >= 11 is 0. The van der Waals surface area contributed by atoms with Crippen LogP contribution in [-0.2, 0) is 29.8 Å². The number of nitrogens with zero attached hydrogens (tertiary/aromatic N) is 3. The van der Waals surface area contributed by atoms with Gasteiger partial charge in [0.05, 0.1) is 12.7 Å². The quantitative estimate of drug-likeness (QED) is 0.131. The predicted molar refractivity (Wildman–Crippen MR) is 153 cm³/mol. The molecule has 16 heteroatoms. The van der Waals surface area contributed by atoms with Crippen LogP contribution >= 0.6 is 7.75 Å². The molecule has 43 heavy (non-hydrogen) atoms. The van der Waals surface area contributed by atoms with E-state index in [0.29, 0.717) is 6.42 Å². The normalized spacial score (nSPS) is 19.2. The number of anilines is 2. The molecule has 4 atom stereocenters. The number of H-pyrrole nitrogens is 1. The Kier molecular flexibility index (Phi) is 10.2. The largest absolute Gasteiger partial charge is 0.761 e. The Labute approximate surface area is 246 Å². The predicted octanol–water partition coefficient (Wildman–Crippen LogP) is 0.334. The molecule has 0 bridgehead atoms. The highest BCUT2D eigenvalue weighted by molar-refractivity contribution is 7.49. The van der Waals surface area contributed by atoms with Crippen LogP contribution in [0.1, 0.15) is 36.0 Å². The molecular formula is C27H32N6O9P-. The number of ether oxygens (including phenoxy) is 2. The van der Waals surface area contributed by atoms with Gasteiger partial charge in [-0.3, -0.25) is 28.0 Å². The fourth-order valence-corrected chi connectivity index (χ4v) is 5.46. The third kappa shape index (κ3) is 8.01. The van der Waals surface area contributed by atoms with Gasteiger partial charge in [-0.2, -0.15) is 0 Å². The number of aromatic amines is 1. The Morgan fingerprint density at radius 1 is 1.28 bits per heavy atom. The lowest BCUT2D eigenvalue weighted by molar-refractivity contribution is -0.205. The first-order valence-electron chi connectivity index (χ1n) is 13.3. The fraction of sp³-hybridized carbons (Fsp3) is 0.407. The van der Waals surface area contributed by atoms with Gasteiger partial charge in [-0.25, -0.2) is 9.78 Å². The lowest BCUT2D eigenvalue weighted by Gasteiger charge is -2.27. The Hall–Kier alpha value is -4.19. The summed E-state index contributed by atoms with van der Waals surface area (Å²) < 4.78 is 30.2. The van der Waals surface area contributed by atoms with Crippen molar-refractivity contribution in [1.82, 2.24) is 18.9 Å². The van der Waals surface area contributed by atoms with E-state index in [2.05, 4.69) is 32.4 Å². The number of esters is 1. The van der Waals surface area contributed by atoms with Gasteiger partial charge in [0.2, 0.25) is 7.75 Å². The van der Waals surface area contributed by atoms with Crippen LogP contribution < -0.4 is 26.8 Å². The number of nitrogens with one attached hydrogen (secondary N) is 3. The van der Waals surface area contributed by atoms with Gasteiger partial charge in [0.25, 0.3) is 5.56 Å². The highest BCUT2D eigenvalue weighted by atomic mass is 31.2. The second-order valence-corrected chi connectivity index (χ2v) is 11.2. The second kappa shape index (κ2) is 13.9. The van der Waals surface area contributed by atoms with Gasteiger partial charge in [0.15, 0.2) is 6.61 Å². The zero-order chi connectivity index (χ0) is 31.1. The van der Waals surface area contributed by atoms with Crippen LogP contribution in [0.5, 0.6) is 0 Å². The summed E-state index contributed by atoms with van der Waals surface area (Å²) in [6.45, 7) is 0.701. The van der Waals surface area contributed by atoms with E-state index in [0.717, 1.165) is 32.0 Å². The maximum absolute atomic E-state index is 12.5. The van der Waals surface area contributed by atoms with Gasteiger partial charge < -0.3 is 34.6 Å². The van der Waals surface area contributed by atoms with Crippen LogP contribution in [-0.4, -0.2) is 69.5 Å². The van der Waals surface area contributed by atoms with Gasteiger partial charge in [-0.05, 0) is 37.1 Å². The number of rotatable bonds is 11. The number of benzene rings is 1. The van der Waals surface area contributed by atoms with Gasteiger partial charge in [-0.1, -0.05) is 11.8 Å². The fourth-order valence-electron chi connectivity index (χ4n) is 4.38. The van der Waals surface area contributed by atoms with Crippen molar-refractivity contribution in [2.24, 2.45) is 0 Å². The number of aryl methyl sites for hydroxylation is 2. The summed E-state index contributed by atoms with van der Waals surface area (Å²) in [4.78, 5) is 55.4. The van der Waals surface area contributed by atoms with E-state index in [1.807, 2.05) is 18.2 Å². The molecule has 1 saturated heterocycles. The van der Waals surface area contributed by atoms with Crippen LogP contribution in [0.4, 0.5) is 11.4 Å². The SMILES string of the molecule is CNc1cc(CCC(=O)OCC#Cc2cn([C@H]3C[C@@H](O)[C@@H](COP(=O)([O-])n4ccnc4C)O3)c(=O)[nH]c2=O)cc(NC)c1. The molecule has 1 fully saturated rings. The average molecular weight is 616 g/mol. The number of aliphatic hydroxyl groups is 1. The number of imidazole rings is 1. The molecular weight excluding hydrogens is 583 g/mol. The molecule has 0 radical (unpaired) electrons. The third-order valence-electron chi connectivity index (χ3n) is 6.67. The second-order valence-electron chi connectivity index (χ2n) is 9.61. The summed E-state index contributed by atoms with van der Waals surface area (Å²) in [6, 6.07) is 5.80. The standard InChI is InChI=1S/C27H33N6O9P/c1-17-30-8-9-33(17)43(38,39)41-16-23-22(34)14-24(42-23)32-15-19(26(36)31-27(32)37)5-4-10-40-25(35)7-6-18-11-20(28-2)13-21(12-18)29-3/h8-9,11-13,15,22-24,28-29,34H,6-7,10,14,16H2,1-3H3,(H,38,39)(H,31,36,37)/p-1/t22-,23-,24-/m1/s1. The van der Waals surface area contributed by atoms with Crippen molar-refractivity contribution >= 4 is 25.1 Å². The third-order valence-corrected chi connectivity index (χ3v) is 8.09. The lowest BCUT2D eigenvalue weighted by atomic mass is 10.1. The highest BCUT2D eigenvalue weighted by Crippen LogP contribution is 2.41. The van der Waals surface area contributed by atoms with E-state index in [1.165, 1.54) is 19.3 Å². The molecule has 3 heterocycles. The molecule has 0 saturated carbocycles. The average Bonchev–Trinajstić information content (AvgIpc) is 3.59. The first-order valence-corrected chi connectivity index (χ1v) is 14.8. The molecule has 3 aromatic rings. The maximum atomic E-state index is 12.5.